The molecule has 1 amide bonds. The van der Waals surface area contributed by atoms with Gasteiger partial charge in [-0.15, -0.1) is 0 Å². The Kier molecular flexibility index (Phi) is 4.78. The summed E-state index contributed by atoms with van der Waals surface area (Å²) >= 11 is 3.11. The molecular weight excluding hydrogens is 333 g/mol. The highest BCUT2D eigenvalue weighted by atomic mass is 79.9. The number of halogens is 2. The van der Waals surface area contributed by atoms with Crippen molar-refractivity contribution in [2.24, 2.45) is 0 Å². The third kappa shape index (κ3) is 3.70. The van der Waals surface area contributed by atoms with E-state index in [-0.39, 0.29) is 15.8 Å². The fraction of sp³-hybridized carbons (Fsp3) is 0.235. The molecular formula is C17H17BrFNO. The van der Waals surface area contributed by atoms with Gasteiger partial charge in [0.25, 0.3) is 5.91 Å². The Hall–Kier alpha value is -1.68. The van der Waals surface area contributed by atoms with Crippen LogP contribution in [-0.4, -0.2) is 12.5 Å². The molecule has 2 aromatic carbocycles. The van der Waals surface area contributed by atoms with Crippen LogP contribution in [0.5, 0.6) is 0 Å². The minimum Gasteiger partial charge on any atom is -0.351 e. The largest absolute Gasteiger partial charge is 0.351 e. The lowest BCUT2D eigenvalue weighted by molar-refractivity contribution is 0.0944. The summed E-state index contributed by atoms with van der Waals surface area (Å²) in [7, 11) is 0. The second-order valence-electron chi connectivity index (χ2n) is 5.53. The average Bonchev–Trinajstić information content (AvgIpc) is 2.49. The molecule has 0 heterocycles. The Balaban J connectivity index is 2.09. The molecule has 2 nitrogen and oxygen atoms in total. The molecule has 0 bridgehead atoms. The molecule has 0 aliphatic rings. The third-order valence-corrected chi connectivity index (χ3v) is 4.25. The van der Waals surface area contributed by atoms with Crippen molar-refractivity contribution in [2.75, 3.05) is 6.54 Å². The Morgan fingerprint density at radius 3 is 2.48 bits per heavy atom. The van der Waals surface area contributed by atoms with Gasteiger partial charge >= 0.3 is 0 Å². The second kappa shape index (κ2) is 6.39. The second-order valence-corrected chi connectivity index (χ2v) is 6.33. The molecule has 0 saturated carbocycles. The number of nitrogens with one attached hydrogen (secondary N) is 1. The molecule has 0 fully saturated rings. The van der Waals surface area contributed by atoms with Crippen molar-refractivity contribution in [1.29, 1.82) is 0 Å². The smallest absolute Gasteiger partial charge is 0.252 e. The molecule has 1 N–H and O–H groups in total. The standard InChI is InChI=1S/C17H17BrFNO/c1-17(2,12-7-4-3-5-8-12)11-20-16(21)13-9-6-10-14(19)15(13)18/h3-10H,11H2,1-2H3,(H,20,21). The van der Waals surface area contributed by atoms with Crippen LogP contribution < -0.4 is 5.32 Å². The summed E-state index contributed by atoms with van der Waals surface area (Å²) < 4.78 is 13.6. The summed E-state index contributed by atoms with van der Waals surface area (Å²) in [6.07, 6.45) is 0. The summed E-state index contributed by atoms with van der Waals surface area (Å²) in [5.74, 6) is -0.727. The van der Waals surface area contributed by atoms with E-state index in [2.05, 4.69) is 35.1 Å². The minimum atomic E-state index is -0.440. The molecule has 0 atom stereocenters. The molecule has 0 aliphatic heterocycles. The number of hydrogen-bond acceptors (Lipinski definition) is 1. The van der Waals surface area contributed by atoms with E-state index < -0.39 is 5.82 Å². The van der Waals surface area contributed by atoms with Gasteiger partial charge in [-0.05, 0) is 33.6 Å². The molecule has 21 heavy (non-hydrogen) atoms. The predicted octanol–water partition coefficient (Wildman–Crippen LogP) is 4.30. The predicted molar refractivity (Wildman–Crippen MR) is 85.9 cm³/mol. The molecule has 0 saturated heterocycles. The zero-order valence-electron chi connectivity index (χ0n) is 12.0. The van der Waals surface area contributed by atoms with Crippen molar-refractivity contribution in [3.8, 4) is 0 Å². The molecule has 4 heteroatoms. The summed E-state index contributed by atoms with van der Waals surface area (Å²) in [5, 5.41) is 2.87. The monoisotopic (exact) mass is 349 g/mol. The van der Waals surface area contributed by atoms with Crippen LogP contribution in [0.3, 0.4) is 0 Å². The van der Waals surface area contributed by atoms with Crippen LogP contribution in [0.15, 0.2) is 53.0 Å². The fourth-order valence-corrected chi connectivity index (χ4v) is 2.51. The van der Waals surface area contributed by atoms with Gasteiger partial charge in [0.1, 0.15) is 5.82 Å². The first-order valence-corrected chi connectivity index (χ1v) is 7.49. The SMILES string of the molecule is CC(C)(CNC(=O)c1cccc(F)c1Br)c1ccccc1. The first-order chi connectivity index (χ1) is 9.92. The lowest BCUT2D eigenvalue weighted by Crippen LogP contribution is -2.36. The molecule has 0 radical (unpaired) electrons. The van der Waals surface area contributed by atoms with Crippen molar-refractivity contribution < 1.29 is 9.18 Å². The van der Waals surface area contributed by atoms with Crippen LogP contribution in [0, 0.1) is 5.82 Å². The van der Waals surface area contributed by atoms with E-state index in [1.807, 2.05) is 30.3 Å². The molecule has 2 aromatic rings. The molecule has 0 aromatic heterocycles. The fourth-order valence-electron chi connectivity index (χ4n) is 2.07. The van der Waals surface area contributed by atoms with Crippen LogP contribution in [0.4, 0.5) is 4.39 Å². The Morgan fingerprint density at radius 1 is 1.14 bits per heavy atom. The van der Waals surface area contributed by atoms with E-state index in [0.717, 1.165) is 5.56 Å². The maximum atomic E-state index is 13.5. The number of benzene rings is 2. The number of carbonyl (C=O) groups is 1. The quantitative estimate of drug-likeness (QED) is 0.875. The van der Waals surface area contributed by atoms with Crippen LogP contribution in [0.2, 0.25) is 0 Å². The topological polar surface area (TPSA) is 29.1 Å². The first-order valence-electron chi connectivity index (χ1n) is 6.69. The number of rotatable bonds is 4. The summed E-state index contributed by atoms with van der Waals surface area (Å²) in [5.41, 5.74) is 1.25. The van der Waals surface area contributed by atoms with Gasteiger partial charge in [0.05, 0.1) is 10.0 Å². The van der Waals surface area contributed by atoms with E-state index in [9.17, 15) is 9.18 Å². The van der Waals surface area contributed by atoms with Gasteiger partial charge in [-0.3, -0.25) is 4.79 Å². The molecule has 0 spiro atoms. The van der Waals surface area contributed by atoms with Crippen LogP contribution in [-0.2, 0) is 5.41 Å². The highest BCUT2D eigenvalue weighted by Crippen LogP contribution is 2.23. The first kappa shape index (κ1) is 15.7. The summed E-state index contributed by atoms with van der Waals surface area (Å²) in [6.45, 7) is 4.59. The van der Waals surface area contributed by atoms with Crippen LogP contribution in [0.1, 0.15) is 29.8 Å². The van der Waals surface area contributed by atoms with Crippen molar-refractivity contribution in [2.45, 2.75) is 19.3 Å². The van der Waals surface area contributed by atoms with Crippen molar-refractivity contribution in [3.63, 3.8) is 0 Å². The van der Waals surface area contributed by atoms with E-state index in [4.69, 9.17) is 0 Å². The van der Waals surface area contributed by atoms with Crippen molar-refractivity contribution >= 4 is 21.8 Å². The van der Waals surface area contributed by atoms with Gasteiger partial charge in [0.2, 0.25) is 0 Å². The summed E-state index contributed by atoms with van der Waals surface area (Å²) in [6, 6.07) is 14.4. The number of amides is 1. The minimum absolute atomic E-state index is 0.194. The van der Waals surface area contributed by atoms with E-state index in [1.54, 1.807) is 6.07 Å². The Morgan fingerprint density at radius 2 is 1.81 bits per heavy atom. The van der Waals surface area contributed by atoms with Gasteiger partial charge in [0, 0.05) is 12.0 Å². The van der Waals surface area contributed by atoms with E-state index in [0.29, 0.717) is 12.1 Å². The van der Waals surface area contributed by atoms with Crippen LogP contribution >= 0.6 is 15.9 Å². The molecule has 110 valence electrons. The van der Waals surface area contributed by atoms with Gasteiger partial charge < -0.3 is 5.32 Å². The number of hydrogen-bond donors (Lipinski definition) is 1. The van der Waals surface area contributed by atoms with Gasteiger partial charge in [-0.1, -0.05) is 50.2 Å². The maximum Gasteiger partial charge on any atom is 0.252 e. The van der Waals surface area contributed by atoms with Gasteiger partial charge in [0.15, 0.2) is 0 Å². The average molecular weight is 350 g/mol. The van der Waals surface area contributed by atoms with E-state index >= 15 is 0 Å². The van der Waals surface area contributed by atoms with Crippen molar-refractivity contribution in [1.82, 2.24) is 5.32 Å². The molecule has 2 rings (SSSR count). The van der Waals surface area contributed by atoms with Crippen molar-refractivity contribution in [3.05, 3.63) is 69.9 Å². The summed E-state index contributed by atoms with van der Waals surface area (Å²) in [4.78, 5) is 12.2. The van der Waals surface area contributed by atoms with Gasteiger partial charge in [-0.25, -0.2) is 4.39 Å². The zero-order valence-corrected chi connectivity index (χ0v) is 13.6. The van der Waals surface area contributed by atoms with Crippen LogP contribution in [0.25, 0.3) is 0 Å². The highest BCUT2D eigenvalue weighted by Gasteiger charge is 2.22. The van der Waals surface area contributed by atoms with E-state index in [1.165, 1.54) is 12.1 Å². The lowest BCUT2D eigenvalue weighted by Gasteiger charge is -2.25. The maximum absolute atomic E-state index is 13.5. The lowest BCUT2D eigenvalue weighted by atomic mass is 9.84. The Bertz CT molecular complexity index is 640. The van der Waals surface area contributed by atoms with Gasteiger partial charge in [-0.2, -0.15) is 0 Å². The molecule has 0 aliphatic carbocycles. The normalized spacial score (nSPS) is 11.2. The Labute approximate surface area is 132 Å². The highest BCUT2D eigenvalue weighted by molar-refractivity contribution is 9.10. The zero-order chi connectivity index (χ0) is 15.5. The molecule has 0 unspecified atom stereocenters. The third-order valence-electron chi connectivity index (χ3n) is 3.44. The number of carbonyl (C=O) groups excluding carboxylic acids is 1.